The van der Waals surface area contributed by atoms with Gasteiger partial charge in [-0.05, 0) is 55.0 Å². The summed E-state index contributed by atoms with van der Waals surface area (Å²) in [6, 6.07) is 14.0. The lowest BCUT2D eigenvalue weighted by Crippen LogP contribution is -2.46. The van der Waals surface area contributed by atoms with E-state index in [9.17, 15) is 14.4 Å². The zero-order chi connectivity index (χ0) is 29.5. The van der Waals surface area contributed by atoms with Crippen LogP contribution in [0.25, 0.3) is 0 Å². The van der Waals surface area contributed by atoms with Crippen LogP contribution in [0.4, 0.5) is 11.4 Å². The van der Waals surface area contributed by atoms with Crippen LogP contribution in [0.15, 0.2) is 60.9 Å². The molecule has 0 saturated carbocycles. The van der Waals surface area contributed by atoms with Gasteiger partial charge in [0.25, 0.3) is 17.7 Å². The maximum absolute atomic E-state index is 13.5. The highest BCUT2D eigenvalue weighted by molar-refractivity contribution is 6.07. The van der Waals surface area contributed by atoms with Crippen molar-refractivity contribution in [3.8, 4) is 11.5 Å². The van der Waals surface area contributed by atoms with Crippen LogP contribution in [0.3, 0.4) is 0 Å². The molecule has 2 aliphatic rings. The molecule has 2 fully saturated rings. The number of benzene rings is 2. The molecule has 0 radical (unpaired) electrons. The average Bonchev–Trinajstić information content (AvgIpc) is 3.31. The molecule has 42 heavy (non-hydrogen) atoms. The Balaban J connectivity index is 1.41. The molecule has 2 aliphatic heterocycles. The Kier molecular flexibility index (Phi) is 9.18. The zero-order valence-electron chi connectivity index (χ0n) is 24.0. The first-order valence-electron chi connectivity index (χ1n) is 14.1. The highest BCUT2D eigenvalue weighted by atomic mass is 16.5. The highest BCUT2D eigenvalue weighted by Gasteiger charge is 2.25. The number of piperazine rings is 1. The molecular weight excluding hydrogens is 536 g/mol. The standard InChI is InChI=1S/C31H36N6O5/c1-41-27-9-7-22(20-28(27)42-2)29(38)34-25-19-23(30(39)37-15-11-32-12-16-37)6-8-26(25)35-13-4-14-36(18-17-35)31(40)24-5-3-10-33-21-24/h3,5-10,19-21,32H,4,11-18H2,1-2H3,(H,34,38). The van der Waals surface area contributed by atoms with E-state index < -0.39 is 0 Å². The van der Waals surface area contributed by atoms with Gasteiger partial charge in [-0.2, -0.15) is 0 Å². The normalized spacial score (nSPS) is 15.5. The van der Waals surface area contributed by atoms with Gasteiger partial charge in [0.1, 0.15) is 0 Å². The fraction of sp³-hybridized carbons (Fsp3) is 0.355. The van der Waals surface area contributed by atoms with E-state index in [1.807, 2.05) is 21.9 Å². The van der Waals surface area contributed by atoms with E-state index in [2.05, 4.69) is 20.5 Å². The van der Waals surface area contributed by atoms with Crippen molar-refractivity contribution in [1.82, 2.24) is 20.1 Å². The van der Waals surface area contributed by atoms with Crippen LogP contribution < -0.4 is 25.0 Å². The first-order valence-corrected chi connectivity index (χ1v) is 14.1. The number of nitrogens with zero attached hydrogens (tertiary/aromatic N) is 4. The number of hydrogen-bond donors (Lipinski definition) is 2. The fourth-order valence-electron chi connectivity index (χ4n) is 5.30. The number of anilines is 2. The molecule has 11 nitrogen and oxygen atoms in total. The molecule has 2 N–H and O–H groups in total. The lowest BCUT2D eigenvalue weighted by atomic mass is 10.1. The van der Waals surface area contributed by atoms with Gasteiger partial charge < -0.3 is 34.8 Å². The van der Waals surface area contributed by atoms with Crippen LogP contribution in [-0.2, 0) is 0 Å². The number of nitrogens with one attached hydrogen (secondary N) is 2. The molecule has 1 aromatic heterocycles. The number of ether oxygens (including phenoxy) is 2. The van der Waals surface area contributed by atoms with Gasteiger partial charge in [-0.3, -0.25) is 19.4 Å². The van der Waals surface area contributed by atoms with Gasteiger partial charge in [0.05, 0.1) is 31.2 Å². The third-order valence-electron chi connectivity index (χ3n) is 7.57. The molecule has 2 saturated heterocycles. The van der Waals surface area contributed by atoms with Crippen molar-refractivity contribution in [3.63, 3.8) is 0 Å². The van der Waals surface area contributed by atoms with Crippen LogP contribution in [-0.4, -0.2) is 99.1 Å². The van der Waals surface area contributed by atoms with Crippen molar-refractivity contribution in [3.05, 3.63) is 77.6 Å². The summed E-state index contributed by atoms with van der Waals surface area (Å²) in [4.78, 5) is 49.8. The molecule has 0 spiro atoms. The number of hydrogen-bond acceptors (Lipinski definition) is 8. The van der Waals surface area contributed by atoms with Crippen molar-refractivity contribution >= 4 is 29.1 Å². The number of rotatable bonds is 7. The number of carbonyl (C=O) groups is 3. The van der Waals surface area contributed by atoms with Gasteiger partial charge in [0, 0.05) is 75.9 Å². The zero-order valence-corrected chi connectivity index (χ0v) is 24.0. The number of amides is 3. The van der Waals surface area contributed by atoms with Gasteiger partial charge in [0.2, 0.25) is 0 Å². The molecule has 0 bridgehead atoms. The maximum Gasteiger partial charge on any atom is 0.255 e. The quantitative estimate of drug-likeness (QED) is 0.444. The monoisotopic (exact) mass is 572 g/mol. The Labute approximate surface area is 245 Å². The van der Waals surface area contributed by atoms with Crippen LogP contribution in [0, 0.1) is 0 Å². The van der Waals surface area contributed by atoms with E-state index in [0.717, 1.165) is 25.2 Å². The third-order valence-corrected chi connectivity index (χ3v) is 7.57. The van der Waals surface area contributed by atoms with Gasteiger partial charge in [-0.1, -0.05) is 0 Å². The van der Waals surface area contributed by atoms with Crippen LogP contribution in [0.1, 0.15) is 37.5 Å². The summed E-state index contributed by atoms with van der Waals surface area (Å²) < 4.78 is 10.7. The van der Waals surface area contributed by atoms with Crippen molar-refractivity contribution < 1.29 is 23.9 Å². The second kappa shape index (κ2) is 13.3. The SMILES string of the molecule is COc1ccc(C(=O)Nc2cc(C(=O)N3CCNCC3)ccc2N2CCCN(C(=O)c3cccnc3)CC2)cc1OC. The van der Waals surface area contributed by atoms with Gasteiger partial charge in [0.15, 0.2) is 11.5 Å². The minimum absolute atomic E-state index is 0.0519. The Morgan fingerprint density at radius 3 is 2.26 bits per heavy atom. The molecular formula is C31H36N6O5. The summed E-state index contributed by atoms with van der Waals surface area (Å²) in [5.41, 5.74) is 2.77. The molecule has 220 valence electrons. The summed E-state index contributed by atoms with van der Waals surface area (Å²) in [6.07, 6.45) is 3.98. The minimum Gasteiger partial charge on any atom is -0.493 e. The second-order valence-corrected chi connectivity index (χ2v) is 10.2. The molecule has 5 rings (SSSR count). The predicted octanol–water partition coefficient (Wildman–Crippen LogP) is 2.75. The fourth-order valence-corrected chi connectivity index (χ4v) is 5.30. The van der Waals surface area contributed by atoms with Crippen molar-refractivity contribution in [2.24, 2.45) is 0 Å². The summed E-state index contributed by atoms with van der Waals surface area (Å²) in [7, 11) is 3.06. The van der Waals surface area contributed by atoms with Crippen molar-refractivity contribution in [2.75, 3.05) is 76.8 Å². The second-order valence-electron chi connectivity index (χ2n) is 10.2. The molecule has 0 aliphatic carbocycles. The number of methoxy groups -OCH3 is 2. The molecule has 3 amide bonds. The average molecular weight is 573 g/mol. The predicted molar refractivity (Wildman–Crippen MR) is 160 cm³/mol. The summed E-state index contributed by atoms with van der Waals surface area (Å²) in [5, 5.41) is 6.31. The molecule has 2 aromatic carbocycles. The van der Waals surface area contributed by atoms with Crippen molar-refractivity contribution in [2.45, 2.75) is 6.42 Å². The molecule has 3 aromatic rings. The first-order chi connectivity index (χ1) is 20.5. The largest absolute Gasteiger partial charge is 0.493 e. The summed E-state index contributed by atoms with van der Waals surface area (Å²) in [5.74, 6) is 0.497. The van der Waals surface area contributed by atoms with E-state index in [1.165, 1.54) is 14.2 Å². The van der Waals surface area contributed by atoms with E-state index in [0.29, 0.717) is 73.1 Å². The molecule has 0 atom stereocenters. The van der Waals surface area contributed by atoms with E-state index in [1.54, 1.807) is 48.8 Å². The first kappa shape index (κ1) is 28.9. The molecule has 3 heterocycles. The van der Waals surface area contributed by atoms with Gasteiger partial charge >= 0.3 is 0 Å². The summed E-state index contributed by atoms with van der Waals surface area (Å²) >= 11 is 0. The van der Waals surface area contributed by atoms with E-state index in [-0.39, 0.29) is 17.7 Å². The molecule has 11 heteroatoms. The van der Waals surface area contributed by atoms with Gasteiger partial charge in [-0.15, -0.1) is 0 Å². The highest BCUT2D eigenvalue weighted by Crippen LogP contribution is 2.31. The van der Waals surface area contributed by atoms with Crippen LogP contribution in [0.2, 0.25) is 0 Å². The Morgan fingerprint density at radius 2 is 1.52 bits per heavy atom. The Bertz CT molecular complexity index is 1430. The van der Waals surface area contributed by atoms with E-state index >= 15 is 0 Å². The Morgan fingerprint density at radius 1 is 0.786 bits per heavy atom. The maximum atomic E-state index is 13.5. The lowest BCUT2D eigenvalue weighted by molar-refractivity contribution is 0.0734. The van der Waals surface area contributed by atoms with Crippen LogP contribution >= 0.6 is 0 Å². The number of pyridine rings is 1. The molecule has 0 unspecified atom stereocenters. The summed E-state index contributed by atoms with van der Waals surface area (Å²) in [6.45, 7) is 5.11. The van der Waals surface area contributed by atoms with Crippen molar-refractivity contribution in [1.29, 1.82) is 0 Å². The number of aromatic nitrogens is 1. The lowest BCUT2D eigenvalue weighted by Gasteiger charge is -2.29. The van der Waals surface area contributed by atoms with E-state index in [4.69, 9.17) is 9.47 Å². The number of carbonyl (C=O) groups excluding carboxylic acids is 3. The Hall–Kier alpha value is -4.64. The van der Waals surface area contributed by atoms with Gasteiger partial charge in [-0.25, -0.2) is 0 Å². The topological polar surface area (TPSA) is 116 Å². The third kappa shape index (κ3) is 6.46. The van der Waals surface area contributed by atoms with Crippen LogP contribution in [0.5, 0.6) is 11.5 Å². The minimum atomic E-state index is -0.341. The smallest absolute Gasteiger partial charge is 0.255 e.